The number of rotatable bonds is 5. The van der Waals surface area contributed by atoms with Crippen LogP contribution in [0.4, 0.5) is 4.79 Å². The number of amides is 1. The summed E-state index contributed by atoms with van der Waals surface area (Å²) in [4.78, 5) is 28.6. The van der Waals surface area contributed by atoms with E-state index < -0.39 is 23.7 Å². The van der Waals surface area contributed by atoms with Crippen molar-refractivity contribution in [1.29, 1.82) is 0 Å². The van der Waals surface area contributed by atoms with Crippen molar-refractivity contribution >= 4 is 29.3 Å². The predicted octanol–water partition coefficient (Wildman–Crippen LogP) is 4.18. The highest BCUT2D eigenvalue weighted by atomic mass is 35.5. The van der Waals surface area contributed by atoms with Gasteiger partial charge in [0, 0.05) is 18.2 Å². The number of aromatic nitrogens is 2. The van der Waals surface area contributed by atoms with E-state index in [-0.39, 0.29) is 6.42 Å². The summed E-state index contributed by atoms with van der Waals surface area (Å²) in [6, 6.07) is 11.7. The van der Waals surface area contributed by atoms with Crippen LogP contribution in [0.1, 0.15) is 26.5 Å². The topological polar surface area (TPSA) is 92.9 Å². The van der Waals surface area contributed by atoms with E-state index in [2.05, 4.69) is 10.3 Å². The zero-order valence-electron chi connectivity index (χ0n) is 16.3. The van der Waals surface area contributed by atoms with E-state index in [4.69, 9.17) is 16.3 Å². The molecule has 3 aromatic rings. The Kier molecular flexibility index (Phi) is 5.79. The van der Waals surface area contributed by atoms with Crippen molar-refractivity contribution < 1.29 is 19.4 Å². The molecule has 29 heavy (non-hydrogen) atoms. The highest BCUT2D eigenvalue weighted by Crippen LogP contribution is 2.27. The van der Waals surface area contributed by atoms with E-state index in [0.717, 1.165) is 5.56 Å². The Balaban J connectivity index is 2.01. The standard InChI is InChI=1S/C21H22ClN3O4/c1-21(2,3)29-20(28)23-15(19(26)27)11-16-18(13-7-5-4-6-8-13)24-17-10-9-14(22)12-25(16)17/h4-10,12,15H,11H2,1-3H3,(H,23,28)(H,26,27). The zero-order valence-corrected chi connectivity index (χ0v) is 17.1. The van der Waals surface area contributed by atoms with E-state index in [1.807, 2.05) is 30.3 Å². The zero-order chi connectivity index (χ0) is 21.2. The van der Waals surface area contributed by atoms with Gasteiger partial charge in [-0.15, -0.1) is 0 Å². The Bertz CT molecular complexity index is 1040. The number of hydrogen-bond acceptors (Lipinski definition) is 4. The minimum atomic E-state index is -1.20. The average Bonchev–Trinajstić information content (AvgIpc) is 2.98. The van der Waals surface area contributed by atoms with Crippen LogP contribution in [-0.2, 0) is 16.0 Å². The van der Waals surface area contributed by atoms with Crippen molar-refractivity contribution in [3.8, 4) is 11.3 Å². The van der Waals surface area contributed by atoms with Crippen molar-refractivity contribution in [2.24, 2.45) is 0 Å². The molecule has 0 saturated carbocycles. The molecule has 1 aromatic carbocycles. The van der Waals surface area contributed by atoms with Crippen LogP contribution in [0.5, 0.6) is 0 Å². The van der Waals surface area contributed by atoms with E-state index in [9.17, 15) is 14.7 Å². The second-order valence-corrected chi connectivity index (χ2v) is 8.03. The number of fused-ring (bicyclic) bond motifs is 1. The van der Waals surface area contributed by atoms with Gasteiger partial charge in [-0.25, -0.2) is 14.6 Å². The van der Waals surface area contributed by atoms with Crippen LogP contribution >= 0.6 is 11.6 Å². The van der Waals surface area contributed by atoms with Gasteiger partial charge in [-0.1, -0.05) is 41.9 Å². The molecule has 152 valence electrons. The van der Waals surface area contributed by atoms with Crippen LogP contribution in [0.3, 0.4) is 0 Å². The number of carbonyl (C=O) groups excluding carboxylic acids is 1. The summed E-state index contributed by atoms with van der Waals surface area (Å²) in [6.07, 6.45) is 0.885. The second-order valence-electron chi connectivity index (χ2n) is 7.59. The Hall–Kier alpha value is -3.06. The first-order valence-electron chi connectivity index (χ1n) is 9.08. The molecular weight excluding hydrogens is 394 g/mol. The number of imidazole rings is 1. The molecule has 8 heteroatoms. The number of ether oxygens (including phenoxy) is 1. The average molecular weight is 416 g/mol. The van der Waals surface area contributed by atoms with Crippen molar-refractivity contribution in [2.75, 3.05) is 0 Å². The van der Waals surface area contributed by atoms with Crippen LogP contribution in [0.25, 0.3) is 16.9 Å². The van der Waals surface area contributed by atoms with Crippen LogP contribution < -0.4 is 5.32 Å². The summed E-state index contributed by atoms with van der Waals surface area (Å²) in [5.41, 5.74) is 1.98. The number of carboxylic acids is 1. The third-order valence-electron chi connectivity index (χ3n) is 4.12. The van der Waals surface area contributed by atoms with Crippen molar-refractivity contribution in [1.82, 2.24) is 14.7 Å². The summed E-state index contributed by atoms with van der Waals surface area (Å²) < 4.78 is 6.95. The third kappa shape index (κ3) is 5.06. The van der Waals surface area contributed by atoms with Crippen LogP contribution in [0.15, 0.2) is 48.7 Å². The minimum absolute atomic E-state index is 0.000310. The molecule has 0 aliphatic carbocycles. The Morgan fingerprint density at radius 2 is 1.90 bits per heavy atom. The number of carbonyl (C=O) groups is 2. The smallest absolute Gasteiger partial charge is 0.408 e. The maximum absolute atomic E-state index is 12.1. The first-order chi connectivity index (χ1) is 13.6. The summed E-state index contributed by atoms with van der Waals surface area (Å²) in [6.45, 7) is 5.13. The molecule has 0 bridgehead atoms. The highest BCUT2D eigenvalue weighted by Gasteiger charge is 2.27. The van der Waals surface area contributed by atoms with E-state index >= 15 is 0 Å². The molecule has 1 amide bonds. The van der Waals surface area contributed by atoms with Crippen molar-refractivity contribution in [3.05, 3.63) is 59.4 Å². The second kappa shape index (κ2) is 8.13. The van der Waals surface area contributed by atoms with Gasteiger partial charge in [0.15, 0.2) is 0 Å². The largest absolute Gasteiger partial charge is 0.480 e. The van der Waals surface area contributed by atoms with Gasteiger partial charge in [0.25, 0.3) is 0 Å². The molecule has 0 aliphatic heterocycles. The van der Waals surface area contributed by atoms with E-state index in [1.54, 1.807) is 43.5 Å². The molecule has 1 unspecified atom stereocenters. The number of hydrogen-bond donors (Lipinski definition) is 2. The molecule has 0 saturated heterocycles. The summed E-state index contributed by atoms with van der Waals surface area (Å²) in [5.74, 6) is -1.17. The van der Waals surface area contributed by atoms with Gasteiger partial charge >= 0.3 is 12.1 Å². The summed E-state index contributed by atoms with van der Waals surface area (Å²) in [7, 11) is 0. The monoisotopic (exact) mass is 415 g/mol. The molecule has 3 rings (SSSR count). The minimum Gasteiger partial charge on any atom is -0.480 e. The van der Waals surface area contributed by atoms with Gasteiger partial charge in [-0.3, -0.25) is 0 Å². The van der Waals surface area contributed by atoms with Crippen molar-refractivity contribution in [3.63, 3.8) is 0 Å². The molecule has 0 aliphatic rings. The number of halogens is 1. The molecule has 7 nitrogen and oxygen atoms in total. The lowest BCUT2D eigenvalue weighted by Crippen LogP contribution is -2.44. The lowest BCUT2D eigenvalue weighted by Gasteiger charge is -2.22. The number of nitrogens with zero attached hydrogens (tertiary/aromatic N) is 2. The quantitative estimate of drug-likeness (QED) is 0.652. The third-order valence-corrected chi connectivity index (χ3v) is 4.34. The number of carboxylic acid groups (broad SMARTS) is 1. The number of aliphatic carboxylic acids is 1. The molecule has 0 fully saturated rings. The Morgan fingerprint density at radius 3 is 2.52 bits per heavy atom. The molecular formula is C21H22ClN3O4. The van der Waals surface area contributed by atoms with Gasteiger partial charge < -0.3 is 19.6 Å². The lowest BCUT2D eigenvalue weighted by atomic mass is 10.1. The van der Waals surface area contributed by atoms with Gasteiger partial charge in [-0.2, -0.15) is 0 Å². The number of benzene rings is 1. The Morgan fingerprint density at radius 1 is 1.21 bits per heavy atom. The van der Waals surface area contributed by atoms with Crippen molar-refractivity contribution in [2.45, 2.75) is 38.8 Å². The fourth-order valence-corrected chi connectivity index (χ4v) is 3.09. The van der Waals surface area contributed by atoms with Crippen LogP contribution in [0.2, 0.25) is 5.02 Å². The van der Waals surface area contributed by atoms with Gasteiger partial charge in [0.05, 0.1) is 16.4 Å². The molecule has 0 radical (unpaired) electrons. The SMILES string of the molecule is CC(C)(C)OC(=O)NC(Cc1c(-c2ccccc2)nc2ccc(Cl)cn12)C(=O)O. The van der Waals surface area contributed by atoms with Gasteiger partial charge in [0.2, 0.25) is 0 Å². The molecule has 2 heterocycles. The summed E-state index contributed by atoms with van der Waals surface area (Å²) >= 11 is 6.15. The predicted molar refractivity (Wildman–Crippen MR) is 110 cm³/mol. The maximum atomic E-state index is 12.1. The van der Waals surface area contributed by atoms with E-state index in [0.29, 0.717) is 22.1 Å². The lowest BCUT2D eigenvalue weighted by molar-refractivity contribution is -0.139. The first-order valence-corrected chi connectivity index (χ1v) is 9.46. The van der Waals surface area contributed by atoms with Gasteiger partial charge in [-0.05, 0) is 32.9 Å². The molecule has 2 N–H and O–H groups in total. The highest BCUT2D eigenvalue weighted by molar-refractivity contribution is 6.30. The van der Waals surface area contributed by atoms with E-state index in [1.165, 1.54) is 0 Å². The van der Waals surface area contributed by atoms with Crippen LogP contribution in [-0.4, -0.2) is 38.2 Å². The first kappa shape index (κ1) is 20.7. The molecule has 1 atom stereocenters. The molecule has 0 spiro atoms. The normalized spacial score (nSPS) is 12.6. The van der Waals surface area contributed by atoms with Gasteiger partial charge in [0.1, 0.15) is 17.3 Å². The fourth-order valence-electron chi connectivity index (χ4n) is 2.93. The Labute approximate surface area is 173 Å². The number of alkyl carbamates (subject to hydrolysis) is 1. The number of nitrogens with one attached hydrogen (secondary N) is 1. The fraction of sp³-hybridized carbons (Fsp3) is 0.286. The maximum Gasteiger partial charge on any atom is 0.408 e. The number of pyridine rings is 1. The summed E-state index contributed by atoms with van der Waals surface area (Å²) in [5, 5.41) is 12.6. The van der Waals surface area contributed by atoms with Crippen LogP contribution in [0, 0.1) is 0 Å². The molecule has 2 aromatic heterocycles.